The van der Waals surface area contributed by atoms with E-state index in [1.54, 1.807) is 0 Å². The van der Waals surface area contributed by atoms with Gasteiger partial charge < -0.3 is 0 Å². The quantitative estimate of drug-likeness (QED) is 0.241. The van der Waals surface area contributed by atoms with E-state index >= 15 is 0 Å². The molecule has 0 unspecified atom stereocenters. The SMILES string of the molecule is c1ccc(-c2cc(Cc3cc(-c4ccccc4)nc(-c4ccccc4)c3)nc(-c3ccccc3)c2)cc1. The van der Waals surface area contributed by atoms with E-state index < -0.39 is 0 Å². The van der Waals surface area contributed by atoms with Crippen molar-refractivity contribution in [3.63, 3.8) is 0 Å². The van der Waals surface area contributed by atoms with Crippen molar-refractivity contribution in [2.24, 2.45) is 0 Å². The molecule has 6 rings (SSSR count). The topological polar surface area (TPSA) is 25.8 Å². The van der Waals surface area contributed by atoms with Crippen molar-refractivity contribution in [2.45, 2.75) is 6.42 Å². The van der Waals surface area contributed by atoms with E-state index in [1.165, 1.54) is 16.7 Å². The monoisotopic (exact) mass is 474 g/mol. The molecule has 0 fully saturated rings. The number of benzene rings is 4. The molecule has 0 aliphatic rings. The maximum atomic E-state index is 5.11. The third-order valence-corrected chi connectivity index (χ3v) is 6.46. The average Bonchev–Trinajstić information content (AvgIpc) is 2.99. The van der Waals surface area contributed by atoms with Gasteiger partial charge in [-0.2, -0.15) is 0 Å². The van der Waals surface area contributed by atoms with E-state index in [1.807, 2.05) is 18.2 Å². The summed E-state index contributed by atoms with van der Waals surface area (Å²) < 4.78 is 0. The summed E-state index contributed by atoms with van der Waals surface area (Å²) in [6.45, 7) is 0. The first-order chi connectivity index (χ1) is 18.3. The highest BCUT2D eigenvalue weighted by Gasteiger charge is 2.11. The Morgan fingerprint density at radius 1 is 0.351 bits per heavy atom. The van der Waals surface area contributed by atoms with Crippen LogP contribution in [0, 0.1) is 0 Å². The van der Waals surface area contributed by atoms with Gasteiger partial charge in [0.25, 0.3) is 0 Å². The zero-order valence-corrected chi connectivity index (χ0v) is 20.5. The second kappa shape index (κ2) is 10.4. The molecule has 2 nitrogen and oxygen atoms in total. The Balaban J connectivity index is 1.46. The molecule has 37 heavy (non-hydrogen) atoms. The van der Waals surface area contributed by atoms with Crippen LogP contribution in [0.3, 0.4) is 0 Å². The molecule has 4 aromatic carbocycles. The normalized spacial score (nSPS) is 10.8. The van der Waals surface area contributed by atoms with Crippen LogP contribution in [0.4, 0.5) is 0 Å². The minimum absolute atomic E-state index is 0.711. The van der Waals surface area contributed by atoms with Gasteiger partial charge in [0.05, 0.1) is 17.1 Å². The van der Waals surface area contributed by atoms with Gasteiger partial charge in [0.1, 0.15) is 0 Å². The lowest BCUT2D eigenvalue weighted by molar-refractivity contribution is 1.07. The molecule has 0 amide bonds. The lowest BCUT2D eigenvalue weighted by Crippen LogP contribution is -1.99. The van der Waals surface area contributed by atoms with E-state index in [4.69, 9.17) is 9.97 Å². The minimum atomic E-state index is 0.711. The molecule has 6 aromatic rings. The predicted molar refractivity (Wildman–Crippen MR) is 153 cm³/mol. The fourth-order valence-electron chi connectivity index (χ4n) is 4.64. The number of nitrogens with zero attached hydrogens (tertiary/aromatic N) is 2. The summed E-state index contributed by atoms with van der Waals surface area (Å²) in [7, 11) is 0. The van der Waals surface area contributed by atoms with E-state index in [0.717, 1.165) is 39.5 Å². The largest absolute Gasteiger partial charge is 0.252 e. The summed E-state index contributed by atoms with van der Waals surface area (Å²) in [6.07, 6.45) is 0.711. The third-order valence-electron chi connectivity index (χ3n) is 6.46. The number of aromatic nitrogens is 2. The Morgan fingerprint density at radius 2 is 0.757 bits per heavy atom. The third kappa shape index (κ3) is 5.24. The predicted octanol–water partition coefficient (Wildman–Crippen LogP) is 8.74. The second-order valence-electron chi connectivity index (χ2n) is 9.12. The zero-order valence-electron chi connectivity index (χ0n) is 20.5. The molecule has 0 saturated heterocycles. The number of hydrogen-bond acceptors (Lipinski definition) is 2. The van der Waals surface area contributed by atoms with Crippen molar-refractivity contribution in [2.75, 3.05) is 0 Å². The van der Waals surface area contributed by atoms with Gasteiger partial charge in [-0.15, -0.1) is 0 Å². The Morgan fingerprint density at radius 3 is 1.22 bits per heavy atom. The van der Waals surface area contributed by atoms with Crippen molar-refractivity contribution in [1.82, 2.24) is 9.97 Å². The van der Waals surface area contributed by atoms with E-state index in [-0.39, 0.29) is 0 Å². The van der Waals surface area contributed by atoms with Gasteiger partial charge in [0.2, 0.25) is 0 Å². The molecule has 0 saturated carbocycles. The van der Waals surface area contributed by atoms with Gasteiger partial charge in [0.15, 0.2) is 0 Å². The fraction of sp³-hybridized carbons (Fsp3) is 0.0286. The van der Waals surface area contributed by atoms with Crippen LogP contribution < -0.4 is 0 Å². The van der Waals surface area contributed by atoms with Crippen LogP contribution >= 0.6 is 0 Å². The summed E-state index contributed by atoms with van der Waals surface area (Å²) in [5.74, 6) is 0. The molecule has 0 aliphatic heterocycles. The summed E-state index contributed by atoms with van der Waals surface area (Å²) in [5.41, 5.74) is 10.8. The first kappa shape index (κ1) is 22.6. The van der Waals surface area contributed by atoms with E-state index in [2.05, 4.69) is 127 Å². The summed E-state index contributed by atoms with van der Waals surface area (Å²) in [5, 5.41) is 0. The van der Waals surface area contributed by atoms with Crippen LogP contribution in [0.25, 0.3) is 44.9 Å². The van der Waals surface area contributed by atoms with Crippen molar-refractivity contribution in [1.29, 1.82) is 0 Å². The molecule has 0 radical (unpaired) electrons. The summed E-state index contributed by atoms with van der Waals surface area (Å²) in [4.78, 5) is 10.1. The highest BCUT2D eigenvalue weighted by Crippen LogP contribution is 2.29. The highest BCUT2D eigenvalue weighted by atomic mass is 14.7. The van der Waals surface area contributed by atoms with Gasteiger partial charge in [-0.05, 0) is 41.0 Å². The summed E-state index contributed by atoms with van der Waals surface area (Å²) in [6, 6.07) is 50.5. The van der Waals surface area contributed by atoms with Crippen LogP contribution in [0.1, 0.15) is 11.3 Å². The standard InChI is InChI=1S/C35H26N2/c1-5-13-27(14-6-1)31-24-32(36-35(25-31)30-19-11-4-12-20-30)21-26-22-33(28-15-7-2-8-16-28)37-34(23-26)29-17-9-3-10-18-29/h1-20,22-25H,21H2. The number of rotatable bonds is 6. The van der Waals surface area contributed by atoms with E-state index in [9.17, 15) is 0 Å². The second-order valence-corrected chi connectivity index (χ2v) is 9.12. The Hall–Kier alpha value is -4.82. The van der Waals surface area contributed by atoms with Crippen LogP contribution in [-0.4, -0.2) is 9.97 Å². The summed E-state index contributed by atoms with van der Waals surface area (Å²) >= 11 is 0. The average molecular weight is 475 g/mol. The molecular formula is C35H26N2. The Labute approximate surface area is 218 Å². The molecule has 0 spiro atoms. The van der Waals surface area contributed by atoms with Gasteiger partial charge in [-0.1, -0.05) is 121 Å². The van der Waals surface area contributed by atoms with Crippen LogP contribution in [0.5, 0.6) is 0 Å². The molecule has 2 heterocycles. The molecular weight excluding hydrogens is 448 g/mol. The van der Waals surface area contributed by atoms with E-state index in [0.29, 0.717) is 6.42 Å². The molecule has 2 aromatic heterocycles. The molecule has 0 N–H and O–H groups in total. The van der Waals surface area contributed by atoms with Crippen LogP contribution in [0.15, 0.2) is 146 Å². The van der Waals surface area contributed by atoms with Crippen LogP contribution in [-0.2, 0) is 6.42 Å². The van der Waals surface area contributed by atoms with Crippen molar-refractivity contribution < 1.29 is 0 Å². The fourth-order valence-corrected chi connectivity index (χ4v) is 4.64. The lowest BCUT2D eigenvalue weighted by atomic mass is 9.98. The highest BCUT2D eigenvalue weighted by molar-refractivity contribution is 5.72. The zero-order chi connectivity index (χ0) is 24.9. The maximum absolute atomic E-state index is 5.11. The number of hydrogen-bond donors (Lipinski definition) is 0. The smallest absolute Gasteiger partial charge is 0.0712 e. The molecule has 0 aliphatic carbocycles. The van der Waals surface area contributed by atoms with Crippen molar-refractivity contribution >= 4 is 0 Å². The van der Waals surface area contributed by atoms with Gasteiger partial charge >= 0.3 is 0 Å². The first-order valence-electron chi connectivity index (χ1n) is 12.6. The van der Waals surface area contributed by atoms with Crippen molar-refractivity contribution in [3.8, 4) is 44.9 Å². The Bertz CT molecular complexity index is 1370. The first-order valence-corrected chi connectivity index (χ1v) is 12.6. The Kier molecular flexibility index (Phi) is 6.38. The van der Waals surface area contributed by atoms with Gasteiger partial charge in [0, 0.05) is 28.8 Å². The molecule has 176 valence electrons. The maximum Gasteiger partial charge on any atom is 0.0712 e. The van der Waals surface area contributed by atoms with Crippen molar-refractivity contribution in [3.05, 3.63) is 157 Å². The molecule has 0 atom stereocenters. The lowest BCUT2D eigenvalue weighted by Gasteiger charge is -2.12. The van der Waals surface area contributed by atoms with Gasteiger partial charge in [-0.3, -0.25) is 4.98 Å². The minimum Gasteiger partial charge on any atom is -0.252 e. The number of pyridine rings is 2. The molecule has 2 heteroatoms. The van der Waals surface area contributed by atoms with Gasteiger partial charge in [-0.25, -0.2) is 4.98 Å². The molecule has 0 bridgehead atoms. The van der Waals surface area contributed by atoms with Crippen LogP contribution in [0.2, 0.25) is 0 Å².